The molecule has 0 spiro atoms. The number of nitrogens with one attached hydrogen (secondary N) is 1. The van der Waals surface area contributed by atoms with Crippen LogP contribution in [0.1, 0.15) is 18.4 Å². The van der Waals surface area contributed by atoms with Gasteiger partial charge in [0.25, 0.3) is 0 Å². The van der Waals surface area contributed by atoms with Crippen LogP contribution >= 0.6 is 11.6 Å². The lowest BCUT2D eigenvalue weighted by Crippen LogP contribution is -2.53. The second kappa shape index (κ2) is 5.22. The molecule has 1 aromatic rings. The highest BCUT2D eigenvalue weighted by molar-refractivity contribution is 6.31. The second-order valence-electron chi connectivity index (χ2n) is 5.69. The number of hydrogen-bond acceptors (Lipinski definition) is 3. The Balaban J connectivity index is 1.81. The Morgan fingerprint density at radius 3 is 2.63 bits per heavy atom. The summed E-state index contributed by atoms with van der Waals surface area (Å²) in [5.74, 6) is 1.64. The number of ether oxygens (including phenoxy) is 1. The topological polar surface area (TPSA) is 24.5 Å². The molecular formula is C15H21ClN2O. The molecule has 1 unspecified atom stereocenters. The molecule has 19 heavy (non-hydrogen) atoms. The van der Waals surface area contributed by atoms with E-state index in [0.717, 1.165) is 34.5 Å². The Hall–Kier alpha value is -0.930. The van der Waals surface area contributed by atoms with Gasteiger partial charge in [0, 0.05) is 23.7 Å². The van der Waals surface area contributed by atoms with E-state index in [4.69, 9.17) is 16.3 Å². The summed E-state index contributed by atoms with van der Waals surface area (Å²) in [6.45, 7) is 5.71. The van der Waals surface area contributed by atoms with Gasteiger partial charge in [-0.3, -0.25) is 0 Å². The van der Waals surface area contributed by atoms with Gasteiger partial charge in [-0.1, -0.05) is 11.6 Å². The summed E-state index contributed by atoms with van der Waals surface area (Å²) in [6, 6.07) is 4.54. The van der Waals surface area contributed by atoms with Crippen LogP contribution < -0.4 is 10.1 Å². The minimum Gasteiger partial charge on any atom is -0.495 e. The van der Waals surface area contributed by atoms with Crippen molar-refractivity contribution in [3.8, 4) is 5.75 Å². The lowest BCUT2D eigenvalue weighted by molar-refractivity contribution is 0.0974. The summed E-state index contributed by atoms with van der Waals surface area (Å²) in [5.41, 5.74) is 2.16. The fourth-order valence-electron chi connectivity index (χ4n) is 3.27. The largest absolute Gasteiger partial charge is 0.495 e. The predicted octanol–water partition coefficient (Wildman–Crippen LogP) is 3.16. The van der Waals surface area contributed by atoms with Crippen molar-refractivity contribution in [2.75, 3.05) is 32.1 Å². The van der Waals surface area contributed by atoms with E-state index in [1.54, 1.807) is 7.11 Å². The number of piperidine rings is 3. The fraction of sp³-hybridized carbons (Fsp3) is 0.600. The highest BCUT2D eigenvalue weighted by Crippen LogP contribution is 2.35. The molecule has 3 aliphatic rings. The molecule has 0 amide bonds. The highest BCUT2D eigenvalue weighted by atomic mass is 35.5. The molecule has 0 aromatic heterocycles. The molecular weight excluding hydrogens is 260 g/mol. The van der Waals surface area contributed by atoms with E-state index >= 15 is 0 Å². The van der Waals surface area contributed by atoms with Crippen LogP contribution in [-0.4, -0.2) is 37.7 Å². The van der Waals surface area contributed by atoms with Crippen LogP contribution in [0.15, 0.2) is 12.1 Å². The van der Waals surface area contributed by atoms with Gasteiger partial charge in [-0.15, -0.1) is 0 Å². The van der Waals surface area contributed by atoms with E-state index in [1.165, 1.54) is 25.9 Å². The van der Waals surface area contributed by atoms with Crippen molar-refractivity contribution in [2.24, 2.45) is 5.92 Å². The first-order valence-electron chi connectivity index (χ1n) is 7.00. The first-order chi connectivity index (χ1) is 9.17. The van der Waals surface area contributed by atoms with Gasteiger partial charge in [-0.2, -0.15) is 0 Å². The van der Waals surface area contributed by atoms with Crippen molar-refractivity contribution in [3.05, 3.63) is 22.7 Å². The summed E-state index contributed by atoms with van der Waals surface area (Å²) >= 11 is 6.15. The van der Waals surface area contributed by atoms with E-state index in [2.05, 4.69) is 16.3 Å². The van der Waals surface area contributed by atoms with Crippen LogP contribution in [0, 0.1) is 12.8 Å². The number of anilines is 1. The molecule has 3 heterocycles. The molecule has 104 valence electrons. The maximum Gasteiger partial charge on any atom is 0.143 e. The molecule has 0 aliphatic carbocycles. The summed E-state index contributed by atoms with van der Waals surface area (Å²) < 4.78 is 5.44. The van der Waals surface area contributed by atoms with E-state index in [-0.39, 0.29) is 0 Å². The quantitative estimate of drug-likeness (QED) is 0.920. The number of halogens is 1. The van der Waals surface area contributed by atoms with E-state index in [1.807, 2.05) is 13.0 Å². The molecule has 0 radical (unpaired) electrons. The van der Waals surface area contributed by atoms with Crippen molar-refractivity contribution < 1.29 is 4.74 Å². The fourth-order valence-corrected chi connectivity index (χ4v) is 3.43. The molecule has 4 rings (SSSR count). The standard InChI is InChI=1S/C15H21ClN2O/c1-10-7-13(15(19-2)8-12(10)16)17-14-9-18-5-3-11(14)4-6-18/h7-8,11,14,17H,3-6,9H2,1-2H3. The minimum absolute atomic E-state index is 0.539. The molecule has 3 fully saturated rings. The molecule has 3 nitrogen and oxygen atoms in total. The number of aryl methyl sites for hydroxylation is 1. The van der Waals surface area contributed by atoms with Crippen molar-refractivity contribution in [1.29, 1.82) is 0 Å². The zero-order chi connectivity index (χ0) is 13.4. The van der Waals surface area contributed by atoms with Gasteiger partial charge in [0.2, 0.25) is 0 Å². The molecule has 1 aromatic carbocycles. The average Bonchev–Trinajstić information content (AvgIpc) is 2.44. The Bertz CT molecular complexity index is 469. The van der Waals surface area contributed by atoms with E-state index < -0.39 is 0 Å². The number of rotatable bonds is 3. The number of hydrogen-bond donors (Lipinski definition) is 1. The van der Waals surface area contributed by atoms with Gasteiger partial charge in [0.15, 0.2) is 0 Å². The minimum atomic E-state index is 0.539. The lowest BCUT2D eigenvalue weighted by Gasteiger charge is -2.45. The normalized spacial score (nSPS) is 29.3. The van der Waals surface area contributed by atoms with Gasteiger partial charge >= 0.3 is 0 Å². The summed E-state index contributed by atoms with van der Waals surface area (Å²) in [6.07, 6.45) is 2.62. The lowest BCUT2D eigenvalue weighted by atomic mass is 9.84. The van der Waals surface area contributed by atoms with Gasteiger partial charge < -0.3 is 15.0 Å². The smallest absolute Gasteiger partial charge is 0.143 e. The van der Waals surface area contributed by atoms with Gasteiger partial charge in [0.05, 0.1) is 12.8 Å². The van der Waals surface area contributed by atoms with Crippen molar-refractivity contribution in [1.82, 2.24) is 4.90 Å². The van der Waals surface area contributed by atoms with E-state index in [9.17, 15) is 0 Å². The SMILES string of the molecule is COc1cc(Cl)c(C)cc1NC1CN2CCC1CC2. The summed E-state index contributed by atoms with van der Waals surface area (Å²) in [7, 11) is 1.70. The summed E-state index contributed by atoms with van der Waals surface area (Å²) in [4.78, 5) is 2.55. The monoisotopic (exact) mass is 280 g/mol. The third kappa shape index (κ3) is 2.54. The van der Waals surface area contributed by atoms with Crippen LogP contribution in [-0.2, 0) is 0 Å². The van der Waals surface area contributed by atoms with Crippen LogP contribution in [0.5, 0.6) is 5.75 Å². The molecule has 3 aliphatic heterocycles. The average molecular weight is 281 g/mol. The van der Waals surface area contributed by atoms with Crippen LogP contribution in [0.3, 0.4) is 0 Å². The van der Waals surface area contributed by atoms with Crippen LogP contribution in [0.4, 0.5) is 5.69 Å². The zero-order valence-electron chi connectivity index (χ0n) is 11.6. The predicted molar refractivity (Wildman–Crippen MR) is 79.3 cm³/mol. The second-order valence-corrected chi connectivity index (χ2v) is 6.10. The number of fused-ring (bicyclic) bond motifs is 3. The molecule has 2 bridgehead atoms. The first kappa shape index (κ1) is 13.1. The molecule has 1 N–H and O–H groups in total. The first-order valence-corrected chi connectivity index (χ1v) is 7.38. The zero-order valence-corrected chi connectivity index (χ0v) is 12.3. The van der Waals surface area contributed by atoms with Crippen molar-refractivity contribution in [3.63, 3.8) is 0 Å². The third-order valence-electron chi connectivity index (χ3n) is 4.48. The van der Waals surface area contributed by atoms with Gasteiger partial charge in [-0.05, 0) is 50.4 Å². The summed E-state index contributed by atoms with van der Waals surface area (Å²) in [5, 5.41) is 4.44. The van der Waals surface area contributed by atoms with Crippen LogP contribution in [0.25, 0.3) is 0 Å². The highest BCUT2D eigenvalue weighted by Gasteiger charge is 2.34. The molecule has 0 saturated carbocycles. The Morgan fingerprint density at radius 2 is 2.05 bits per heavy atom. The maximum atomic E-state index is 6.15. The maximum absolute atomic E-state index is 6.15. The van der Waals surface area contributed by atoms with Gasteiger partial charge in [-0.25, -0.2) is 0 Å². The number of nitrogens with zero attached hydrogens (tertiary/aromatic N) is 1. The number of benzene rings is 1. The van der Waals surface area contributed by atoms with Crippen molar-refractivity contribution in [2.45, 2.75) is 25.8 Å². The molecule has 1 atom stereocenters. The van der Waals surface area contributed by atoms with Gasteiger partial charge in [0.1, 0.15) is 5.75 Å². The Morgan fingerprint density at radius 1 is 1.32 bits per heavy atom. The molecule has 3 saturated heterocycles. The Labute approximate surface area is 119 Å². The third-order valence-corrected chi connectivity index (χ3v) is 4.89. The van der Waals surface area contributed by atoms with Crippen molar-refractivity contribution >= 4 is 17.3 Å². The number of methoxy groups -OCH3 is 1. The molecule has 4 heteroatoms. The van der Waals surface area contributed by atoms with E-state index in [0.29, 0.717) is 6.04 Å². The van der Waals surface area contributed by atoms with Crippen LogP contribution in [0.2, 0.25) is 5.02 Å². The Kier molecular flexibility index (Phi) is 3.59.